The van der Waals surface area contributed by atoms with E-state index in [-0.39, 0.29) is 19.1 Å². The molecular formula is C24H27NO7. The van der Waals surface area contributed by atoms with Crippen LogP contribution >= 0.6 is 0 Å². The van der Waals surface area contributed by atoms with Crippen molar-refractivity contribution >= 4 is 18.0 Å². The fourth-order valence-corrected chi connectivity index (χ4v) is 3.05. The molecule has 0 heterocycles. The topological polar surface area (TPSA) is 122 Å². The summed E-state index contributed by atoms with van der Waals surface area (Å²) in [5.41, 5.74) is 0.977. The SMILES string of the molecule is C[C@H](CC/C=C/C(=O)O)[C@H](OC(=O)NC(=O)c1ccccc1)c1cccc(OCCO)c1. The number of hydrogen-bond acceptors (Lipinski definition) is 6. The number of carboxylic acids is 1. The molecule has 0 spiro atoms. The average Bonchev–Trinajstić information content (AvgIpc) is 2.79. The van der Waals surface area contributed by atoms with Crippen LogP contribution in [0.2, 0.25) is 0 Å². The lowest BCUT2D eigenvalue weighted by Crippen LogP contribution is -2.33. The van der Waals surface area contributed by atoms with Gasteiger partial charge in [-0.3, -0.25) is 10.1 Å². The Bertz CT molecular complexity index is 927. The van der Waals surface area contributed by atoms with Crippen molar-refractivity contribution in [1.29, 1.82) is 0 Å². The van der Waals surface area contributed by atoms with Crippen molar-refractivity contribution in [3.63, 3.8) is 0 Å². The van der Waals surface area contributed by atoms with Crippen molar-refractivity contribution in [2.75, 3.05) is 13.2 Å². The second kappa shape index (κ2) is 12.9. The van der Waals surface area contributed by atoms with Crippen LogP contribution < -0.4 is 10.1 Å². The van der Waals surface area contributed by atoms with Crippen molar-refractivity contribution in [2.45, 2.75) is 25.9 Å². The van der Waals surface area contributed by atoms with E-state index in [1.54, 1.807) is 54.6 Å². The number of aliphatic hydroxyl groups excluding tert-OH is 1. The summed E-state index contributed by atoms with van der Waals surface area (Å²) in [6.45, 7) is 1.85. The summed E-state index contributed by atoms with van der Waals surface area (Å²) in [6, 6.07) is 15.2. The van der Waals surface area contributed by atoms with E-state index < -0.39 is 24.1 Å². The number of nitrogens with one attached hydrogen (secondary N) is 1. The molecule has 2 rings (SSSR count). The molecule has 32 heavy (non-hydrogen) atoms. The van der Waals surface area contributed by atoms with Gasteiger partial charge in [-0.2, -0.15) is 0 Å². The second-order valence-electron chi connectivity index (χ2n) is 7.09. The number of imide groups is 1. The zero-order valence-electron chi connectivity index (χ0n) is 17.8. The Morgan fingerprint density at radius 1 is 1.09 bits per heavy atom. The Kier molecular flexibility index (Phi) is 9.93. The van der Waals surface area contributed by atoms with Crippen LogP contribution in [0.1, 0.15) is 41.8 Å². The van der Waals surface area contributed by atoms with Gasteiger partial charge in [-0.15, -0.1) is 0 Å². The first kappa shape index (κ1) is 24.6. The first-order valence-electron chi connectivity index (χ1n) is 10.2. The fraction of sp³-hybridized carbons (Fsp3) is 0.292. The van der Waals surface area contributed by atoms with Crippen LogP contribution in [0, 0.1) is 5.92 Å². The number of aliphatic hydroxyl groups is 1. The highest BCUT2D eigenvalue weighted by Crippen LogP contribution is 2.31. The first-order chi connectivity index (χ1) is 15.4. The standard InChI is InChI=1S/C24H27NO7/c1-17(8-5-6-13-21(27)28)22(19-11-7-12-20(16-19)31-15-14-26)32-24(30)25-23(29)18-9-3-2-4-10-18/h2-4,6-7,9-13,16-17,22,26H,5,8,14-15H2,1H3,(H,27,28)(H,25,29,30)/b13-6+/t17-,22+/m1/s1. The highest BCUT2D eigenvalue weighted by molar-refractivity contribution is 6.02. The van der Waals surface area contributed by atoms with E-state index in [1.165, 1.54) is 6.08 Å². The number of alkyl carbamates (subject to hydrolysis) is 1. The fourth-order valence-electron chi connectivity index (χ4n) is 3.05. The minimum Gasteiger partial charge on any atom is -0.491 e. The first-order valence-corrected chi connectivity index (χ1v) is 10.2. The summed E-state index contributed by atoms with van der Waals surface area (Å²) in [6.07, 6.45) is 2.01. The number of aliphatic carboxylic acids is 1. The minimum absolute atomic E-state index is 0.122. The summed E-state index contributed by atoms with van der Waals surface area (Å²) in [5.74, 6) is -1.30. The summed E-state index contributed by atoms with van der Waals surface area (Å²) in [7, 11) is 0. The average molecular weight is 441 g/mol. The molecule has 2 amide bonds. The Hall–Kier alpha value is -3.65. The van der Waals surface area contributed by atoms with Gasteiger partial charge >= 0.3 is 12.1 Å². The van der Waals surface area contributed by atoms with Crippen molar-refractivity contribution in [1.82, 2.24) is 5.32 Å². The Morgan fingerprint density at radius 2 is 1.84 bits per heavy atom. The molecule has 170 valence electrons. The molecule has 0 aliphatic heterocycles. The second-order valence-corrected chi connectivity index (χ2v) is 7.09. The van der Waals surface area contributed by atoms with Crippen LogP contribution in [0.5, 0.6) is 5.75 Å². The molecule has 0 unspecified atom stereocenters. The maximum Gasteiger partial charge on any atom is 0.414 e. The zero-order valence-corrected chi connectivity index (χ0v) is 17.8. The van der Waals surface area contributed by atoms with Gasteiger partial charge in [0.2, 0.25) is 0 Å². The molecule has 2 aromatic rings. The number of allylic oxidation sites excluding steroid dienone is 1. The maximum atomic E-state index is 12.5. The van der Waals surface area contributed by atoms with Crippen LogP contribution in [0.25, 0.3) is 0 Å². The number of hydrogen-bond donors (Lipinski definition) is 3. The van der Waals surface area contributed by atoms with E-state index in [1.807, 2.05) is 6.92 Å². The number of carbonyl (C=O) groups excluding carboxylic acids is 2. The molecule has 0 saturated heterocycles. The molecular weight excluding hydrogens is 414 g/mol. The van der Waals surface area contributed by atoms with E-state index >= 15 is 0 Å². The smallest absolute Gasteiger partial charge is 0.414 e. The Balaban J connectivity index is 2.14. The lowest BCUT2D eigenvalue weighted by molar-refractivity contribution is -0.131. The molecule has 8 nitrogen and oxygen atoms in total. The minimum atomic E-state index is -1.03. The molecule has 0 radical (unpaired) electrons. The predicted molar refractivity (Wildman–Crippen MR) is 117 cm³/mol. The lowest BCUT2D eigenvalue weighted by atomic mass is 9.93. The highest BCUT2D eigenvalue weighted by atomic mass is 16.6. The number of amides is 2. The van der Waals surface area contributed by atoms with Crippen LogP contribution in [-0.4, -0.2) is 41.4 Å². The summed E-state index contributed by atoms with van der Waals surface area (Å²) < 4.78 is 11.1. The Labute approximate surface area is 186 Å². The van der Waals surface area contributed by atoms with E-state index in [9.17, 15) is 14.4 Å². The van der Waals surface area contributed by atoms with E-state index in [0.29, 0.717) is 29.7 Å². The predicted octanol–water partition coefficient (Wildman–Crippen LogP) is 3.72. The van der Waals surface area contributed by atoms with Gasteiger partial charge < -0.3 is 19.7 Å². The van der Waals surface area contributed by atoms with Gasteiger partial charge in [-0.05, 0) is 48.6 Å². The van der Waals surface area contributed by atoms with Gasteiger partial charge in [0.25, 0.3) is 5.91 Å². The van der Waals surface area contributed by atoms with E-state index in [2.05, 4.69) is 5.32 Å². The molecule has 0 aliphatic carbocycles. The van der Waals surface area contributed by atoms with Gasteiger partial charge in [0.15, 0.2) is 0 Å². The maximum absolute atomic E-state index is 12.5. The van der Waals surface area contributed by atoms with Crippen molar-refractivity contribution in [2.24, 2.45) is 5.92 Å². The Morgan fingerprint density at radius 3 is 2.53 bits per heavy atom. The van der Waals surface area contributed by atoms with Gasteiger partial charge in [-0.25, -0.2) is 9.59 Å². The molecule has 2 aromatic carbocycles. The number of ether oxygens (including phenoxy) is 2. The van der Waals surface area contributed by atoms with Crippen molar-refractivity contribution < 1.29 is 34.1 Å². The van der Waals surface area contributed by atoms with Crippen LogP contribution in [0.3, 0.4) is 0 Å². The van der Waals surface area contributed by atoms with Crippen LogP contribution in [-0.2, 0) is 9.53 Å². The number of rotatable bonds is 11. The van der Waals surface area contributed by atoms with Gasteiger partial charge in [0.05, 0.1) is 6.61 Å². The molecule has 0 saturated carbocycles. The summed E-state index contributed by atoms with van der Waals surface area (Å²) in [4.78, 5) is 35.4. The molecule has 2 atom stereocenters. The van der Waals surface area contributed by atoms with Crippen molar-refractivity contribution in [3.8, 4) is 5.75 Å². The molecule has 3 N–H and O–H groups in total. The summed E-state index contributed by atoms with van der Waals surface area (Å²) in [5, 5.41) is 19.9. The summed E-state index contributed by atoms with van der Waals surface area (Å²) >= 11 is 0. The zero-order chi connectivity index (χ0) is 23.3. The number of benzene rings is 2. The van der Waals surface area contributed by atoms with E-state index in [0.717, 1.165) is 6.08 Å². The largest absolute Gasteiger partial charge is 0.491 e. The highest BCUT2D eigenvalue weighted by Gasteiger charge is 2.25. The third-order valence-corrected chi connectivity index (χ3v) is 4.60. The van der Waals surface area contributed by atoms with Crippen molar-refractivity contribution in [3.05, 3.63) is 77.9 Å². The third-order valence-electron chi connectivity index (χ3n) is 4.60. The quantitative estimate of drug-likeness (QED) is 0.454. The number of carbonyl (C=O) groups is 3. The molecule has 0 aliphatic rings. The third kappa shape index (κ3) is 8.23. The number of carboxylic acid groups (broad SMARTS) is 1. The van der Waals surface area contributed by atoms with E-state index in [4.69, 9.17) is 19.7 Å². The monoisotopic (exact) mass is 441 g/mol. The molecule has 0 bridgehead atoms. The lowest BCUT2D eigenvalue weighted by Gasteiger charge is -2.25. The van der Waals surface area contributed by atoms with Crippen LogP contribution in [0.4, 0.5) is 4.79 Å². The normalized spacial score (nSPS) is 12.7. The van der Waals surface area contributed by atoms with Gasteiger partial charge in [-0.1, -0.05) is 43.3 Å². The van der Waals surface area contributed by atoms with Gasteiger partial charge in [0, 0.05) is 11.6 Å². The molecule has 8 heteroatoms. The molecule has 0 fully saturated rings. The molecule has 0 aromatic heterocycles. The van der Waals surface area contributed by atoms with Crippen LogP contribution in [0.15, 0.2) is 66.7 Å². The van der Waals surface area contributed by atoms with Gasteiger partial charge in [0.1, 0.15) is 18.5 Å².